The van der Waals surface area contributed by atoms with Crippen LogP contribution in [-0.2, 0) is 13.1 Å². The number of aromatic amines is 1. The molecule has 0 spiro atoms. The molecule has 0 radical (unpaired) electrons. The van der Waals surface area contributed by atoms with Crippen molar-refractivity contribution in [1.82, 2.24) is 25.4 Å². The van der Waals surface area contributed by atoms with Gasteiger partial charge in [-0.3, -0.25) is 9.48 Å². The highest BCUT2D eigenvalue weighted by Crippen LogP contribution is 2.25. The van der Waals surface area contributed by atoms with E-state index in [1.54, 1.807) is 13.3 Å². The molecule has 7 nitrogen and oxygen atoms in total. The van der Waals surface area contributed by atoms with Crippen molar-refractivity contribution in [2.24, 2.45) is 0 Å². The van der Waals surface area contributed by atoms with Gasteiger partial charge in [-0.2, -0.15) is 5.10 Å². The number of fused-ring (bicyclic) bond motifs is 2. The van der Waals surface area contributed by atoms with E-state index in [2.05, 4.69) is 20.7 Å². The van der Waals surface area contributed by atoms with Gasteiger partial charge in [-0.25, -0.2) is 0 Å². The van der Waals surface area contributed by atoms with Crippen molar-refractivity contribution in [2.45, 2.75) is 26.1 Å². The predicted octanol–water partition coefficient (Wildman–Crippen LogP) is 1.58. The van der Waals surface area contributed by atoms with E-state index in [0.29, 0.717) is 18.8 Å². The lowest BCUT2D eigenvalue weighted by atomic mass is 10.1. The Hall–Kier alpha value is -2.80. The van der Waals surface area contributed by atoms with Crippen LogP contribution in [0.2, 0.25) is 0 Å². The number of H-pyrrole nitrogens is 1. The summed E-state index contributed by atoms with van der Waals surface area (Å²) in [5.74, 6) is 0.662. The number of carbonyl (C=O) groups excluding carboxylic acids is 1. The second kappa shape index (κ2) is 6.25. The van der Waals surface area contributed by atoms with E-state index >= 15 is 0 Å². The van der Waals surface area contributed by atoms with Crippen LogP contribution in [0.4, 0.5) is 0 Å². The third kappa shape index (κ3) is 2.98. The minimum absolute atomic E-state index is 0.0179. The maximum Gasteiger partial charge on any atom is 0.268 e. The molecule has 7 heteroatoms. The number of hydrogen-bond donors (Lipinski definition) is 3. The van der Waals surface area contributed by atoms with Gasteiger partial charge in [-0.15, -0.1) is 0 Å². The Morgan fingerprint density at radius 2 is 2.28 bits per heavy atom. The van der Waals surface area contributed by atoms with Gasteiger partial charge in [0.1, 0.15) is 11.4 Å². The Morgan fingerprint density at radius 1 is 1.40 bits per heavy atom. The molecule has 0 bridgehead atoms. The molecule has 1 amide bonds. The van der Waals surface area contributed by atoms with E-state index in [1.165, 1.54) is 0 Å². The van der Waals surface area contributed by atoms with Crippen molar-refractivity contribution in [3.8, 4) is 5.75 Å². The van der Waals surface area contributed by atoms with Crippen molar-refractivity contribution in [3.63, 3.8) is 0 Å². The number of carbonyl (C=O) groups is 1. The van der Waals surface area contributed by atoms with E-state index in [1.807, 2.05) is 35.9 Å². The van der Waals surface area contributed by atoms with Gasteiger partial charge in [-0.05, 0) is 30.7 Å². The second-order valence-corrected chi connectivity index (χ2v) is 6.39. The van der Waals surface area contributed by atoms with Gasteiger partial charge in [0, 0.05) is 36.3 Å². The quantitative estimate of drug-likeness (QED) is 0.676. The summed E-state index contributed by atoms with van der Waals surface area (Å²) in [6.45, 7) is 4.14. The van der Waals surface area contributed by atoms with Crippen molar-refractivity contribution in [3.05, 3.63) is 47.4 Å². The van der Waals surface area contributed by atoms with Gasteiger partial charge in [0.15, 0.2) is 0 Å². The molecule has 0 saturated carbocycles. The zero-order valence-corrected chi connectivity index (χ0v) is 14.3. The summed E-state index contributed by atoms with van der Waals surface area (Å²) in [5, 5.41) is 11.8. The number of hydrogen-bond acceptors (Lipinski definition) is 4. The third-order valence-corrected chi connectivity index (χ3v) is 4.63. The summed E-state index contributed by atoms with van der Waals surface area (Å²) in [5.41, 5.74) is 3.65. The molecule has 130 valence electrons. The highest BCUT2D eigenvalue weighted by Gasteiger charge is 2.20. The van der Waals surface area contributed by atoms with Crippen molar-refractivity contribution in [1.29, 1.82) is 0 Å². The summed E-state index contributed by atoms with van der Waals surface area (Å²) in [6, 6.07) is 7.73. The zero-order chi connectivity index (χ0) is 17.4. The molecular weight excluding hydrogens is 318 g/mol. The van der Waals surface area contributed by atoms with Gasteiger partial charge >= 0.3 is 0 Å². The maximum absolute atomic E-state index is 12.7. The second-order valence-electron chi connectivity index (χ2n) is 6.39. The number of amides is 1. The lowest BCUT2D eigenvalue weighted by molar-refractivity contribution is 0.0928. The van der Waals surface area contributed by atoms with Crippen molar-refractivity contribution in [2.75, 3.05) is 13.7 Å². The summed E-state index contributed by atoms with van der Waals surface area (Å²) in [7, 11) is 1.64. The first kappa shape index (κ1) is 15.7. The van der Waals surface area contributed by atoms with E-state index in [9.17, 15) is 4.79 Å². The molecule has 4 rings (SSSR count). The summed E-state index contributed by atoms with van der Waals surface area (Å²) < 4.78 is 7.23. The van der Waals surface area contributed by atoms with E-state index < -0.39 is 0 Å². The average molecular weight is 339 g/mol. The average Bonchev–Trinajstić information content (AvgIpc) is 3.18. The van der Waals surface area contributed by atoms with Crippen LogP contribution in [0.15, 0.2) is 30.5 Å². The molecule has 3 aromatic rings. The van der Waals surface area contributed by atoms with E-state index in [-0.39, 0.29) is 11.9 Å². The first-order valence-electron chi connectivity index (χ1n) is 8.33. The smallest absolute Gasteiger partial charge is 0.268 e. The molecule has 1 aliphatic heterocycles. The number of rotatable bonds is 3. The monoisotopic (exact) mass is 339 g/mol. The van der Waals surface area contributed by atoms with Gasteiger partial charge in [0.25, 0.3) is 5.91 Å². The predicted molar refractivity (Wildman–Crippen MR) is 94.8 cm³/mol. The molecule has 1 unspecified atom stereocenters. The van der Waals surface area contributed by atoms with Crippen LogP contribution < -0.4 is 15.4 Å². The molecule has 3 heterocycles. The molecule has 3 N–H and O–H groups in total. The number of ether oxygens (including phenoxy) is 1. The van der Waals surface area contributed by atoms with Gasteiger partial charge in [0.05, 0.1) is 25.4 Å². The number of benzene rings is 1. The highest BCUT2D eigenvalue weighted by atomic mass is 16.5. The fourth-order valence-corrected chi connectivity index (χ4v) is 3.31. The van der Waals surface area contributed by atoms with Gasteiger partial charge in [-0.1, -0.05) is 0 Å². The van der Waals surface area contributed by atoms with Crippen LogP contribution in [0, 0.1) is 6.92 Å². The van der Waals surface area contributed by atoms with E-state index in [0.717, 1.165) is 34.5 Å². The third-order valence-electron chi connectivity index (χ3n) is 4.63. The molecule has 1 aliphatic rings. The summed E-state index contributed by atoms with van der Waals surface area (Å²) >= 11 is 0. The minimum atomic E-state index is -0.114. The van der Waals surface area contributed by atoms with Crippen LogP contribution in [0.5, 0.6) is 5.75 Å². The maximum atomic E-state index is 12.7. The number of aromatic nitrogens is 3. The number of aryl methyl sites for hydroxylation is 1. The first-order valence-corrected chi connectivity index (χ1v) is 8.33. The van der Waals surface area contributed by atoms with Crippen molar-refractivity contribution >= 4 is 16.8 Å². The number of methoxy groups -OCH3 is 1. The number of nitrogens with one attached hydrogen (secondary N) is 3. The normalized spacial score (nSPS) is 17.1. The first-order chi connectivity index (χ1) is 12.1. The van der Waals surface area contributed by atoms with Crippen LogP contribution in [0.25, 0.3) is 10.9 Å². The summed E-state index contributed by atoms with van der Waals surface area (Å²) in [6.07, 6.45) is 1.79. The zero-order valence-electron chi connectivity index (χ0n) is 14.3. The molecule has 1 atom stereocenters. The van der Waals surface area contributed by atoms with Crippen LogP contribution in [-0.4, -0.2) is 40.4 Å². The molecule has 25 heavy (non-hydrogen) atoms. The van der Waals surface area contributed by atoms with Crippen LogP contribution >= 0.6 is 0 Å². The molecule has 1 aromatic carbocycles. The standard InChI is InChI=1S/C18H21N5O2/c1-11-5-14(25-2)6-16-15(11)7-17(22-16)18(24)21-12-8-19-9-13-3-4-20-23(13)10-12/h3-7,12,19,22H,8-10H2,1-2H3,(H,21,24). The Kier molecular flexibility index (Phi) is 3.93. The number of nitrogens with zero attached hydrogens (tertiary/aromatic N) is 2. The fraction of sp³-hybridized carbons (Fsp3) is 0.333. The molecule has 0 aliphatic carbocycles. The highest BCUT2D eigenvalue weighted by molar-refractivity contribution is 5.99. The van der Waals surface area contributed by atoms with Gasteiger partial charge in [0.2, 0.25) is 0 Å². The van der Waals surface area contributed by atoms with Crippen molar-refractivity contribution < 1.29 is 9.53 Å². The SMILES string of the molecule is COc1cc(C)c2cc(C(=O)NC3CNCc4ccnn4C3)[nH]c2c1. The Balaban J connectivity index is 1.55. The van der Waals surface area contributed by atoms with Crippen LogP contribution in [0.3, 0.4) is 0 Å². The summed E-state index contributed by atoms with van der Waals surface area (Å²) in [4.78, 5) is 15.9. The lowest BCUT2D eigenvalue weighted by Gasteiger charge is -2.16. The van der Waals surface area contributed by atoms with Gasteiger partial charge < -0.3 is 20.4 Å². The minimum Gasteiger partial charge on any atom is -0.497 e. The molecule has 2 aromatic heterocycles. The van der Waals surface area contributed by atoms with Crippen LogP contribution in [0.1, 0.15) is 21.7 Å². The Morgan fingerprint density at radius 3 is 3.12 bits per heavy atom. The Labute approximate surface area is 145 Å². The Bertz CT molecular complexity index is 927. The van der Waals surface area contributed by atoms with E-state index in [4.69, 9.17) is 4.74 Å². The molecular formula is C18H21N5O2. The molecule has 0 fully saturated rings. The topological polar surface area (TPSA) is 84.0 Å². The largest absolute Gasteiger partial charge is 0.497 e. The fourth-order valence-electron chi connectivity index (χ4n) is 3.31. The molecule has 0 saturated heterocycles. The lowest BCUT2D eigenvalue weighted by Crippen LogP contribution is -2.43.